The van der Waals surface area contributed by atoms with Crippen molar-refractivity contribution >= 4 is 11.7 Å². The van der Waals surface area contributed by atoms with Crippen LogP contribution < -0.4 is 5.32 Å². The molecule has 1 aromatic carbocycles. The normalized spacial score (nSPS) is 14.1. The van der Waals surface area contributed by atoms with E-state index in [4.69, 9.17) is 9.84 Å². The SMILES string of the molecule is COCC(C)(Nc1ccc(F)cc1F)C(=O)O. The van der Waals surface area contributed by atoms with Crippen LogP contribution in [0.15, 0.2) is 18.2 Å². The van der Waals surface area contributed by atoms with Crippen LogP contribution in [0.5, 0.6) is 0 Å². The van der Waals surface area contributed by atoms with Gasteiger partial charge in [0.05, 0.1) is 12.3 Å². The van der Waals surface area contributed by atoms with Gasteiger partial charge in [-0.25, -0.2) is 13.6 Å². The van der Waals surface area contributed by atoms with Gasteiger partial charge in [-0.05, 0) is 19.1 Å². The van der Waals surface area contributed by atoms with Gasteiger partial charge >= 0.3 is 5.97 Å². The maximum atomic E-state index is 13.3. The zero-order valence-electron chi connectivity index (χ0n) is 9.46. The monoisotopic (exact) mass is 245 g/mol. The minimum atomic E-state index is -1.48. The number of carbonyl (C=O) groups is 1. The van der Waals surface area contributed by atoms with Crippen LogP contribution in [0.1, 0.15) is 6.92 Å². The van der Waals surface area contributed by atoms with Gasteiger partial charge < -0.3 is 15.2 Å². The van der Waals surface area contributed by atoms with Gasteiger partial charge in [-0.15, -0.1) is 0 Å². The summed E-state index contributed by atoms with van der Waals surface area (Å²) in [6, 6.07) is 2.86. The summed E-state index contributed by atoms with van der Waals surface area (Å²) in [4.78, 5) is 11.1. The highest BCUT2D eigenvalue weighted by Crippen LogP contribution is 2.20. The average molecular weight is 245 g/mol. The summed E-state index contributed by atoms with van der Waals surface area (Å²) in [5, 5.41) is 11.5. The molecule has 1 unspecified atom stereocenters. The minimum Gasteiger partial charge on any atom is -0.479 e. The number of aliphatic carboxylic acids is 1. The van der Waals surface area contributed by atoms with Crippen LogP contribution in [0.3, 0.4) is 0 Å². The number of carboxylic acid groups (broad SMARTS) is 1. The lowest BCUT2D eigenvalue weighted by Gasteiger charge is -2.26. The van der Waals surface area contributed by atoms with Gasteiger partial charge in [0.15, 0.2) is 5.54 Å². The number of hydrogen-bond donors (Lipinski definition) is 2. The highest BCUT2D eigenvalue weighted by atomic mass is 19.1. The summed E-state index contributed by atoms with van der Waals surface area (Å²) >= 11 is 0. The first-order valence-electron chi connectivity index (χ1n) is 4.84. The van der Waals surface area contributed by atoms with Crippen molar-refractivity contribution in [3.63, 3.8) is 0 Å². The summed E-state index contributed by atoms with van der Waals surface area (Å²) in [6.07, 6.45) is 0. The third-order valence-electron chi connectivity index (χ3n) is 2.25. The largest absolute Gasteiger partial charge is 0.479 e. The molecular weight excluding hydrogens is 232 g/mol. The Morgan fingerprint density at radius 2 is 2.18 bits per heavy atom. The first kappa shape index (κ1) is 13.4. The summed E-state index contributed by atoms with van der Waals surface area (Å²) in [5.41, 5.74) is -1.57. The quantitative estimate of drug-likeness (QED) is 0.831. The van der Waals surface area contributed by atoms with E-state index in [1.54, 1.807) is 0 Å². The molecule has 0 spiro atoms. The number of benzene rings is 1. The fourth-order valence-electron chi connectivity index (χ4n) is 1.33. The van der Waals surface area contributed by atoms with E-state index in [1.165, 1.54) is 14.0 Å². The molecule has 0 bridgehead atoms. The molecule has 0 aliphatic carbocycles. The standard InChI is InChI=1S/C11H13F2NO3/c1-11(6-17-2,10(15)16)14-9-4-3-7(12)5-8(9)13/h3-5,14H,6H2,1-2H3,(H,15,16). The maximum absolute atomic E-state index is 13.3. The van der Waals surface area contributed by atoms with Crippen LogP contribution in [-0.4, -0.2) is 30.3 Å². The van der Waals surface area contributed by atoms with Crippen molar-refractivity contribution in [2.24, 2.45) is 0 Å². The third-order valence-corrected chi connectivity index (χ3v) is 2.25. The molecule has 1 aromatic rings. The Morgan fingerprint density at radius 1 is 1.53 bits per heavy atom. The van der Waals surface area contributed by atoms with E-state index in [0.29, 0.717) is 6.07 Å². The van der Waals surface area contributed by atoms with Gasteiger partial charge in [0, 0.05) is 13.2 Å². The first-order valence-corrected chi connectivity index (χ1v) is 4.84. The first-order chi connectivity index (χ1) is 7.89. The van der Waals surface area contributed by atoms with Crippen molar-refractivity contribution < 1.29 is 23.4 Å². The van der Waals surface area contributed by atoms with E-state index < -0.39 is 23.1 Å². The lowest BCUT2D eigenvalue weighted by molar-refractivity contribution is -0.143. The van der Waals surface area contributed by atoms with Gasteiger partial charge in [-0.1, -0.05) is 0 Å². The minimum absolute atomic E-state index is 0.0895. The van der Waals surface area contributed by atoms with Crippen molar-refractivity contribution in [3.8, 4) is 0 Å². The number of halogens is 2. The van der Waals surface area contributed by atoms with Crippen LogP contribution in [0.25, 0.3) is 0 Å². The van der Waals surface area contributed by atoms with Crippen LogP contribution in [0.4, 0.5) is 14.5 Å². The molecule has 2 N–H and O–H groups in total. The predicted octanol–water partition coefficient (Wildman–Crippen LogP) is 1.87. The molecule has 0 fully saturated rings. The zero-order valence-corrected chi connectivity index (χ0v) is 9.46. The van der Waals surface area contributed by atoms with E-state index in [1.807, 2.05) is 0 Å². The number of anilines is 1. The summed E-state index contributed by atoms with van der Waals surface area (Å²) < 4.78 is 30.8. The van der Waals surface area contributed by atoms with E-state index in [-0.39, 0.29) is 12.3 Å². The van der Waals surface area contributed by atoms with Crippen molar-refractivity contribution in [2.75, 3.05) is 19.0 Å². The lowest BCUT2D eigenvalue weighted by Crippen LogP contribution is -2.47. The van der Waals surface area contributed by atoms with Crippen LogP contribution in [0.2, 0.25) is 0 Å². The smallest absolute Gasteiger partial charge is 0.331 e. The Bertz CT molecular complexity index is 425. The van der Waals surface area contributed by atoms with Crippen LogP contribution in [0, 0.1) is 11.6 Å². The molecule has 0 aromatic heterocycles. The van der Waals surface area contributed by atoms with E-state index in [0.717, 1.165) is 12.1 Å². The molecule has 6 heteroatoms. The molecule has 0 saturated carbocycles. The second-order valence-corrected chi connectivity index (χ2v) is 3.82. The number of rotatable bonds is 5. The molecule has 0 aliphatic heterocycles. The molecule has 4 nitrogen and oxygen atoms in total. The maximum Gasteiger partial charge on any atom is 0.331 e. The van der Waals surface area contributed by atoms with Gasteiger partial charge in [-0.2, -0.15) is 0 Å². The number of methoxy groups -OCH3 is 1. The number of nitrogens with one attached hydrogen (secondary N) is 1. The lowest BCUT2D eigenvalue weighted by atomic mass is 10.0. The molecule has 0 radical (unpaired) electrons. The summed E-state index contributed by atoms with van der Waals surface area (Å²) in [5.74, 6) is -2.77. The molecular formula is C11H13F2NO3. The van der Waals surface area contributed by atoms with Crippen molar-refractivity contribution in [2.45, 2.75) is 12.5 Å². The molecule has 0 aliphatic rings. The fourth-order valence-corrected chi connectivity index (χ4v) is 1.33. The van der Waals surface area contributed by atoms with E-state index in [2.05, 4.69) is 5.32 Å². The van der Waals surface area contributed by atoms with Gasteiger partial charge in [0.25, 0.3) is 0 Å². The summed E-state index contributed by atoms with van der Waals surface area (Å²) in [6.45, 7) is 1.20. The van der Waals surface area contributed by atoms with Crippen LogP contribution >= 0.6 is 0 Å². The van der Waals surface area contributed by atoms with Crippen molar-refractivity contribution in [1.82, 2.24) is 0 Å². The van der Waals surface area contributed by atoms with Gasteiger partial charge in [0.1, 0.15) is 11.6 Å². The van der Waals surface area contributed by atoms with Crippen molar-refractivity contribution in [3.05, 3.63) is 29.8 Å². The fraction of sp³-hybridized carbons (Fsp3) is 0.364. The summed E-state index contributed by atoms with van der Waals surface area (Å²) in [7, 11) is 1.34. The van der Waals surface area contributed by atoms with E-state index in [9.17, 15) is 13.6 Å². The Balaban J connectivity index is 2.98. The molecule has 0 saturated heterocycles. The van der Waals surface area contributed by atoms with Gasteiger partial charge in [-0.3, -0.25) is 0 Å². The number of hydrogen-bond acceptors (Lipinski definition) is 3. The van der Waals surface area contributed by atoms with Crippen LogP contribution in [-0.2, 0) is 9.53 Å². The van der Waals surface area contributed by atoms with Crippen molar-refractivity contribution in [1.29, 1.82) is 0 Å². The molecule has 94 valence electrons. The highest BCUT2D eigenvalue weighted by molar-refractivity contribution is 5.82. The molecule has 0 amide bonds. The number of ether oxygens (including phenoxy) is 1. The average Bonchev–Trinajstić information content (AvgIpc) is 2.22. The predicted molar refractivity (Wildman–Crippen MR) is 57.9 cm³/mol. The third kappa shape index (κ3) is 3.13. The Morgan fingerprint density at radius 3 is 2.65 bits per heavy atom. The highest BCUT2D eigenvalue weighted by Gasteiger charge is 2.33. The topological polar surface area (TPSA) is 58.6 Å². The molecule has 1 atom stereocenters. The molecule has 0 heterocycles. The van der Waals surface area contributed by atoms with E-state index >= 15 is 0 Å². The van der Waals surface area contributed by atoms with Gasteiger partial charge in [0.2, 0.25) is 0 Å². The number of carboxylic acids is 1. The molecule has 1 rings (SSSR count). The Hall–Kier alpha value is -1.69. The zero-order chi connectivity index (χ0) is 13.1. The second-order valence-electron chi connectivity index (χ2n) is 3.82. The Labute approximate surface area is 97.2 Å². The Kier molecular flexibility index (Phi) is 4.01. The molecule has 17 heavy (non-hydrogen) atoms. The second kappa shape index (κ2) is 5.09.